The summed E-state index contributed by atoms with van der Waals surface area (Å²) in [4.78, 5) is 22.6. The summed E-state index contributed by atoms with van der Waals surface area (Å²) >= 11 is 5.85. The number of hydrogen-bond donors (Lipinski definition) is 3. The molecule has 0 heterocycles. The molecule has 4 N–H and O–H groups in total. The molecule has 7 heteroatoms. The van der Waals surface area contributed by atoms with Gasteiger partial charge in [0.1, 0.15) is 5.60 Å². The Morgan fingerprint density at radius 3 is 2.52 bits per heavy atom. The molecule has 0 saturated heterocycles. The van der Waals surface area contributed by atoms with Crippen LogP contribution in [0.5, 0.6) is 0 Å². The van der Waals surface area contributed by atoms with Gasteiger partial charge in [0.15, 0.2) is 0 Å². The number of carbonyl (C=O) groups excluding carboxylic acids is 2. The van der Waals surface area contributed by atoms with Crippen molar-refractivity contribution >= 4 is 29.3 Å². The van der Waals surface area contributed by atoms with Crippen LogP contribution in [0.4, 0.5) is 10.5 Å². The number of primary amides is 1. The molecule has 0 aliphatic carbocycles. The van der Waals surface area contributed by atoms with Gasteiger partial charge in [-0.25, -0.2) is 4.79 Å². The number of anilines is 1. The summed E-state index contributed by atoms with van der Waals surface area (Å²) in [6.07, 6.45) is -0.474. The summed E-state index contributed by atoms with van der Waals surface area (Å²) in [5, 5.41) is 5.97. The van der Waals surface area contributed by atoms with Gasteiger partial charge in [0.25, 0.3) is 0 Å². The molecule has 1 rings (SSSR count). The lowest BCUT2D eigenvalue weighted by molar-refractivity contribution is 0.0530. The van der Waals surface area contributed by atoms with Crippen molar-refractivity contribution < 1.29 is 14.3 Å². The van der Waals surface area contributed by atoms with Gasteiger partial charge in [0.05, 0.1) is 10.6 Å². The third kappa shape index (κ3) is 6.35. The Morgan fingerprint density at radius 2 is 1.95 bits per heavy atom. The van der Waals surface area contributed by atoms with Gasteiger partial charge < -0.3 is 21.1 Å². The number of amides is 2. The van der Waals surface area contributed by atoms with Crippen LogP contribution in [0, 0.1) is 0 Å². The molecule has 21 heavy (non-hydrogen) atoms. The molecule has 0 radical (unpaired) electrons. The predicted octanol–water partition coefficient (Wildman–Crippen LogP) is 2.38. The molecule has 0 atom stereocenters. The fraction of sp³-hybridized carbons (Fsp3) is 0.429. The Labute approximate surface area is 129 Å². The first kappa shape index (κ1) is 17.1. The summed E-state index contributed by atoms with van der Waals surface area (Å²) in [5.41, 5.74) is 5.63. The Balaban J connectivity index is 2.41. The molecule has 0 aromatic heterocycles. The van der Waals surface area contributed by atoms with E-state index in [1.807, 2.05) is 0 Å². The normalized spacial score (nSPS) is 10.9. The van der Waals surface area contributed by atoms with Crippen molar-refractivity contribution in [3.05, 3.63) is 28.8 Å². The minimum Gasteiger partial charge on any atom is -0.444 e. The minimum atomic E-state index is -0.587. The van der Waals surface area contributed by atoms with Gasteiger partial charge in [-0.1, -0.05) is 11.6 Å². The largest absolute Gasteiger partial charge is 0.444 e. The number of carbonyl (C=O) groups is 2. The second-order valence-electron chi connectivity index (χ2n) is 5.41. The van der Waals surface area contributed by atoms with E-state index in [4.69, 9.17) is 22.1 Å². The monoisotopic (exact) mass is 313 g/mol. The Kier molecular flexibility index (Phi) is 5.84. The van der Waals surface area contributed by atoms with Crippen LogP contribution in [0.1, 0.15) is 31.1 Å². The van der Waals surface area contributed by atoms with E-state index >= 15 is 0 Å². The maximum Gasteiger partial charge on any atom is 0.407 e. The van der Waals surface area contributed by atoms with Gasteiger partial charge in [0.2, 0.25) is 5.91 Å². The molecule has 6 nitrogen and oxygen atoms in total. The van der Waals surface area contributed by atoms with Gasteiger partial charge >= 0.3 is 6.09 Å². The second-order valence-corrected chi connectivity index (χ2v) is 5.82. The van der Waals surface area contributed by atoms with E-state index in [0.29, 0.717) is 23.8 Å². The molecular formula is C14H20ClN3O3. The SMILES string of the molecule is CC(C)(C)OC(=O)NCCNc1ccc(Cl)c(C(N)=O)c1. The minimum absolute atomic E-state index is 0.252. The van der Waals surface area contributed by atoms with Crippen LogP contribution in [0.15, 0.2) is 18.2 Å². The maximum atomic E-state index is 11.4. The average Bonchev–Trinajstić information content (AvgIpc) is 2.34. The second kappa shape index (κ2) is 7.17. The first-order valence-electron chi connectivity index (χ1n) is 6.49. The summed E-state index contributed by atoms with van der Waals surface area (Å²) in [7, 11) is 0. The lowest BCUT2D eigenvalue weighted by Gasteiger charge is -2.19. The van der Waals surface area contributed by atoms with Crippen LogP contribution in [0.25, 0.3) is 0 Å². The number of nitrogens with one attached hydrogen (secondary N) is 2. The summed E-state index contributed by atoms with van der Waals surface area (Å²) < 4.78 is 5.10. The number of rotatable bonds is 5. The molecule has 0 spiro atoms. The molecular weight excluding hydrogens is 294 g/mol. The van der Waals surface area contributed by atoms with Crippen LogP contribution >= 0.6 is 11.6 Å². The van der Waals surface area contributed by atoms with Crippen LogP contribution in [-0.2, 0) is 4.74 Å². The van der Waals surface area contributed by atoms with E-state index in [1.165, 1.54) is 0 Å². The molecule has 0 fully saturated rings. The third-order valence-corrected chi connectivity index (χ3v) is 2.68. The highest BCUT2D eigenvalue weighted by Gasteiger charge is 2.15. The molecule has 0 saturated carbocycles. The van der Waals surface area contributed by atoms with Gasteiger partial charge in [0, 0.05) is 18.8 Å². The zero-order valence-corrected chi connectivity index (χ0v) is 13.1. The van der Waals surface area contributed by atoms with Crippen molar-refractivity contribution in [1.29, 1.82) is 0 Å². The molecule has 2 amide bonds. The zero-order chi connectivity index (χ0) is 16.0. The topological polar surface area (TPSA) is 93.4 Å². The van der Waals surface area contributed by atoms with E-state index in [-0.39, 0.29) is 5.56 Å². The van der Waals surface area contributed by atoms with Gasteiger partial charge in [-0.3, -0.25) is 4.79 Å². The quantitative estimate of drug-likeness (QED) is 0.727. The van der Waals surface area contributed by atoms with Gasteiger partial charge in [-0.15, -0.1) is 0 Å². The summed E-state index contributed by atoms with van der Waals surface area (Å²) in [6, 6.07) is 4.88. The summed E-state index contributed by atoms with van der Waals surface area (Å²) in [5.74, 6) is -0.587. The third-order valence-electron chi connectivity index (χ3n) is 2.35. The average molecular weight is 314 g/mol. The first-order chi connectivity index (χ1) is 9.69. The highest BCUT2D eigenvalue weighted by molar-refractivity contribution is 6.33. The van der Waals surface area contributed by atoms with Crippen molar-refractivity contribution in [3.8, 4) is 0 Å². The van der Waals surface area contributed by atoms with E-state index in [9.17, 15) is 9.59 Å². The highest BCUT2D eigenvalue weighted by atomic mass is 35.5. The molecule has 0 aliphatic rings. The number of hydrogen-bond acceptors (Lipinski definition) is 4. The van der Waals surface area contributed by atoms with Crippen LogP contribution in [0.3, 0.4) is 0 Å². The molecule has 1 aromatic carbocycles. The number of ether oxygens (including phenoxy) is 1. The Hall–Kier alpha value is -1.95. The van der Waals surface area contributed by atoms with Crippen LogP contribution < -0.4 is 16.4 Å². The highest BCUT2D eigenvalue weighted by Crippen LogP contribution is 2.19. The first-order valence-corrected chi connectivity index (χ1v) is 6.87. The molecule has 0 bridgehead atoms. The van der Waals surface area contributed by atoms with E-state index in [2.05, 4.69) is 10.6 Å². The Morgan fingerprint density at radius 1 is 1.29 bits per heavy atom. The lowest BCUT2D eigenvalue weighted by atomic mass is 10.2. The number of halogens is 1. The fourth-order valence-electron chi connectivity index (χ4n) is 1.51. The molecule has 116 valence electrons. The Bertz CT molecular complexity index is 527. The zero-order valence-electron chi connectivity index (χ0n) is 12.3. The van der Waals surface area contributed by atoms with Crippen molar-refractivity contribution in [2.45, 2.75) is 26.4 Å². The van der Waals surface area contributed by atoms with Crippen molar-refractivity contribution in [2.24, 2.45) is 5.73 Å². The van der Waals surface area contributed by atoms with E-state index < -0.39 is 17.6 Å². The number of nitrogens with two attached hydrogens (primary N) is 1. The maximum absolute atomic E-state index is 11.4. The molecule has 0 unspecified atom stereocenters. The fourth-order valence-corrected chi connectivity index (χ4v) is 1.72. The predicted molar refractivity (Wildman–Crippen MR) is 82.7 cm³/mol. The standard InChI is InChI=1S/C14H20ClN3O3/c1-14(2,3)21-13(20)18-7-6-17-9-4-5-11(15)10(8-9)12(16)19/h4-5,8,17H,6-7H2,1-3H3,(H2,16,19)(H,18,20). The van der Waals surface area contributed by atoms with Crippen molar-refractivity contribution in [2.75, 3.05) is 18.4 Å². The smallest absolute Gasteiger partial charge is 0.407 e. The van der Waals surface area contributed by atoms with Gasteiger partial charge in [-0.05, 0) is 39.0 Å². The molecule has 0 aliphatic heterocycles. The number of alkyl carbamates (subject to hydrolysis) is 1. The van der Waals surface area contributed by atoms with Gasteiger partial charge in [-0.2, -0.15) is 0 Å². The summed E-state index contributed by atoms with van der Waals surface area (Å²) in [6.45, 7) is 6.24. The lowest BCUT2D eigenvalue weighted by Crippen LogP contribution is -2.35. The van der Waals surface area contributed by atoms with E-state index in [1.54, 1.807) is 39.0 Å². The van der Waals surface area contributed by atoms with E-state index in [0.717, 1.165) is 0 Å². The van der Waals surface area contributed by atoms with Crippen molar-refractivity contribution in [3.63, 3.8) is 0 Å². The molecule has 1 aromatic rings. The van der Waals surface area contributed by atoms with Crippen molar-refractivity contribution in [1.82, 2.24) is 5.32 Å². The van der Waals surface area contributed by atoms with Crippen LogP contribution in [-0.4, -0.2) is 30.7 Å². The van der Waals surface area contributed by atoms with Crippen LogP contribution in [0.2, 0.25) is 5.02 Å². The number of benzene rings is 1.